The van der Waals surface area contributed by atoms with E-state index in [1.54, 1.807) is 0 Å². The molecule has 0 N–H and O–H groups in total. The Kier molecular flexibility index (Phi) is 3.04. The van der Waals surface area contributed by atoms with Gasteiger partial charge in [0, 0.05) is 11.8 Å². The topological polar surface area (TPSA) is 43.4 Å². The van der Waals surface area contributed by atoms with Gasteiger partial charge in [-0.05, 0) is 38.0 Å². The van der Waals surface area contributed by atoms with Gasteiger partial charge in [0.25, 0.3) is 0 Å². The SMILES string of the molecule is COC(=O)[C@@H]1CC[C@]2(C1)C(=O)CCC[C@H]2C. The minimum Gasteiger partial charge on any atom is -0.469 e. The standard InChI is InChI=1S/C13H20O3/c1-9-4-3-5-11(14)13(9)7-6-10(8-13)12(15)16-2/h9-10H,3-8H2,1-2H3/t9-,10-,13-/m1/s1. The average Bonchev–Trinajstić information content (AvgIpc) is 2.72. The molecule has 0 aliphatic heterocycles. The van der Waals surface area contributed by atoms with Crippen molar-refractivity contribution in [3.63, 3.8) is 0 Å². The summed E-state index contributed by atoms with van der Waals surface area (Å²) in [6, 6.07) is 0. The van der Waals surface area contributed by atoms with Crippen LogP contribution >= 0.6 is 0 Å². The van der Waals surface area contributed by atoms with E-state index in [-0.39, 0.29) is 17.3 Å². The zero-order chi connectivity index (χ0) is 11.8. The minimum absolute atomic E-state index is 0.0468. The molecule has 1 spiro atoms. The Labute approximate surface area is 96.5 Å². The number of ketones is 1. The third-order valence-corrected chi connectivity index (χ3v) is 4.62. The van der Waals surface area contributed by atoms with Gasteiger partial charge in [-0.3, -0.25) is 9.59 Å². The Morgan fingerprint density at radius 2 is 2.19 bits per heavy atom. The average molecular weight is 224 g/mol. The van der Waals surface area contributed by atoms with Crippen LogP contribution in [0.15, 0.2) is 0 Å². The number of methoxy groups -OCH3 is 1. The summed E-state index contributed by atoms with van der Waals surface area (Å²) >= 11 is 0. The molecule has 2 rings (SSSR count). The van der Waals surface area contributed by atoms with E-state index >= 15 is 0 Å². The fourth-order valence-corrected chi connectivity index (χ4v) is 3.51. The first-order chi connectivity index (χ1) is 7.60. The largest absolute Gasteiger partial charge is 0.469 e. The second-order valence-corrected chi connectivity index (χ2v) is 5.34. The molecule has 0 amide bonds. The highest BCUT2D eigenvalue weighted by Gasteiger charge is 2.51. The Morgan fingerprint density at radius 1 is 1.44 bits per heavy atom. The van der Waals surface area contributed by atoms with Crippen LogP contribution in [0.1, 0.15) is 45.4 Å². The summed E-state index contributed by atoms with van der Waals surface area (Å²) in [5.74, 6) is 0.637. The highest BCUT2D eigenvalue weighted by Crippen LogP contribution is 2.52. The van der Waals surface area contributed by atoms with Crippen LogP contribution in [0.2, 0.25) is 0 Å². The molecule has 0 unspecified atom stereocenters. The van der Waals surface area contributed by atoms with Crippen molar-refractivity contribution in [3.05, 3.63) is 0 Å². The third kappa shape index (κ3) is 1.66. The lowest BCUT2D eigenvalue weighted by Gasteiger charge is -2.38. The zero-order valence-electron chi connectivity index (χ0n) is 10.1. The van der Waals surface area contributed by atoms with Crippen LogP contribution in [0.3, 0.4) is 0 Å². The van der Waals surface area contributed by atoms with Gasteiger partial charge >= 0.3 is 5.97 Å². The summed E-state index contributed by atoms with van der Waals surface area (Å²) < 4.78 is 4.79. The van der Waals surface area contributed by atoms with Crippen molar-refractivity contribution < 1.29 is 14.3 Å². The zero-order valence-corrected chi connectivity index (χ0v) is 10.1. The first-order valence-electron chi connectivity index (χ1n) is 6.21. The normalized spacial score (nSPS) is 39.0. The van der Waals surface area contributed by atoms with Gasteiger partial charge in [-0.2, -0.15) is 0 Å². The number of rotatable bonds is 1. The quantitative estimate of drug-likeness (QED) is 0.642. The molecule has 0 bridgehead atoms. The van der Waals surface area contributed by atoms with Gasteiger partial charge in [-0.15, -0.1) is 0 Å². The molecule has 3 nitrogen and oxygen atoms in total. The van der Waals surface area contributed by atoms with E-state index in [4.69, 9.17) is 4.74 Å². The van der Waals surface area contributed by atoms with Crippen LogP contribution in [0.5, 0.6) is 0 Å². The predicted molar refractivity (Wildman–Crippen MR) is 59.8 cm³/mol. The molecule has 0 radical (unpaired) electrons. The lowest BCUT2D eigenvalue weighted by atomic mass is 9.65. The molecule has 0 aromatic heterocycles. The molecule has 90 valence electrons. The summed E-state index contributed by atoms with van der Waals surface area (Å²) in [5.41, 5.74) is -0.197. The summed E-state index contributed by atoms with van der Waals surface area (Å²) in [6.45, 7) is 2.16. The van der Waals surface area contributed by atoms with E-state index < -0.39 is 0 Å². The number of hydrogen-bond acceptors (Lipinski definition) is 3. The number of hydrogen-bond donors (Lipinski definition) is 0. The Hall–Kier alpha value is -0.860. The third-order valence-electron chi connectivity index (χ3n) is 4.62. The van der Waals surface area contributed by atoms with E-state index in [1.165, 1.54) is 7.11 Å². The molecule has 0 aromatic rings. The van der Waals surface area contributed by atoms with Crippen LogP contribution < -0.4 is 0 Å². The predicted octanol–water partition coefficient (Wildman–Crippen LogP) is 2.33. The second kappa shape index (κ2) is 4.19. The molecule has 2 saturated carbocycles. The number of Topliss-reactive ketones (excluding diaryl/α,β-unsaturated/α-hetero) is 1. The van der Waals surface area contributed by atoms with E-state index in [9.17, 15) is 9.59 Å². The lowest BCUT2D eigenvalue weighted by molar-refractivity contribution is -0.146. The summed E-state index contributed by atoms with van der Waals surface area (Å²) in [7, 11) is 1.43. The highest BCUT2D eigenvalue weighted by atomic mass is 16.5. The van der Waals surface area contributed by atoms with Crippen molar-refractivity contribution in [2.45, 2.75) is 45.4 Å². The van der Waals surface area contributed by atoms with Crippen LogP contribution in [0.25, 0.3) is 0 Å². The Morgan fingerprint density at radius 3 is 2.81 bits per heavy atom. The van der Waals surface area contributed by atoms with Gasteiger partial charge in [-0.1, -0.05) is 6.92 Å². The van der Waals surface area contributed by atoms with Crippen molar-refractivity contribution in [1.29, 1.82) is 0 Å². The molecule has 3 heteroatoms. The molecule has 0 saturated heterocycles. The van der Waals surface area contributed by atoms with Crippen molar-refractivity contribution >= 4 is 11.8 Å². The van der Waals surface area contributed by atoms with Crippen molar-refractivity contribution in [1.82, 2.24) is 0 Å². The number of carbonyl (C=O) groups excluding carboxylic acids is 2. The lowest BCUT2D eigenvalue weighted by Crippen LogP contribution is -2.39. The van der Waals surface area contributed by atoms with Crippen molar-refractivity contribution in [3.8, 4) is 0 Å². The van der Waals surface area contributed by atoms with E-state index in [0.717, 1.165) is 32.1 Å². The van der Waals surface area contributed by atoms with Gasteiger partial charge < -0.3 is 4.74 Å². The molecule has 16 heavy (non-hydrogen) atoms. The van der Waals surface area contributed by atoms with Gasteiger partial charge in [0.05, 0.1) is 13.0 Å². The maximum atomic E-state index is 12.1. The summed E-state index contributed by atoms with van der Waals surface area (Å²) in [4.78, 5) is 23.7. The van der Waals surface area contributed by atoms with E-state index in [1.807, 2.05) is 0 Å². The minimum atomic E-state index is -0.197. The second-order valence-electron chi connectivity index (χ2n) is 5.34. The summed E-state index contributed by atoms with van der Waals surface area (Å²) in [6.07, 6.45) is 5.28. The molecule has 2 aliphatic rings. The highest BCUT2D eigenvalue weighted by molar-refractivity contribution is 5.87. The molecule has 2 aliphatic carbocycles. The molecule has 3 atom stereocenters. The smallest absolute Gasteiger partial charge is 0.308 e. The molecule has 0 heterocycles. The Bertz CT molecular complexity index is 310. The monoisotopic (exact) mass is 224 g/mol. The van der Waals surface area contributed by atoms with E-state index in [0.29, 0.717) is 18.1 Å². The summed E-state index contributed by atoms with van der Waals surface area (Å²) in [5, 5.41) is 0. The molecule has 2 fully saturated rings. The molecular weight excluding hydrogens is 204 g/mol. The van der Waals surface area contributed by atoms with Crippen molar-refractivity contribution in [2.24, 2.45) is 17.3 Å². The fraction of sp³-hybridized carbons (Fsp3) is 0.846. The first kappa shape index (κ1) is 11.6. The number of esters is 1. The van der Waals surface area contributed by atoms with Gasteiger partial charge in [0.2, 0.25) is 0 Å². The molecular formula is C13H20O3. The maximum Gasteiger partial charge on any atom is 0.308 e. The van der Waals surface area contributed by atoms with Gasteiger partial charge in [0.1, 0.15) is 5.78 Å². The fourth-order valence-electron chi connectivity index (χ4n) is 3.51. The van der Waals surface area contributed by atoms with Crippen LogP contribution in [-0.4, -0.2) is 18.9 Å². The number of ether oxygens (including phenoxy) is 1. The number of carbonyl (C=O) groups is 2. The van der Waals surface area contributed by atoms with Crippen LogP contribution in [-0.2, 0) is 14.3 Å². The maximum absolute atomic E-state index is 12.1. The van der Waals surface area contributed by atoms with Gasteiger partial charge in [-0.25, -0.2) is 0 Å². The van der Waals surface area contributed by atoms with Gasteiger partial charge in [0.15, 0.2) is 0 Å². The van der Waals surface area contributed by atoms with Crippen molar-refractivity contribution in [2.75, 3.05) is 7.11 Å². The first-order valence-corrected chi connectivity index (χ1v) is 6.21. The van der Waals surface area contributed by atoms with Crippen LogP contribution in [0, 0.1) is 17.3 Å². The van der Waals surface area contributed by atoms with E-state index in [2.05, 4.69) is 6.92 Å². The van der Waals surface area contributed by atoms with Crippen LogP contribution in [0.4, 0.5) is 0 Å². The Balaban J connectivity index is 2.14. The molecule has 0 aromatic carbocycles.